The van der Waals surface area contributed by atoms with Crippen molar-refractivity contribution >= 4 is 8.03 Å². The molecule has 0 aliphatic rings. The van der Waals surface area contributed by atoms with Gasteiger partial charge in [0.05, 0.1) is 6.61 Å². The lowest BCUT2D eigenvalue weighted by Crippen LogP contribution is -1.76. The molecule has 3 heteroatoms. The standard InChI is InChI=1S/C4H10O2P/c1-3-6-7(5)4-2/h3-4H2,1-2H3/q+1. The van der Waals surface area contributed by atoms with Crippen LogP contribution in [0.1, 0.15) is 13.8 Å². The zero-order valence-corrected chi connectivity index (χ0v) is 5.57. The Morgan fingerprint density at radius 2 is 2.14 bits per heavy atom. The van der Waals surface area contributed by atoms with Crippen molar-refractivity contribution in [3.05, 3.63) is 0 Å². The lowest BCUT2D eigenvalue weighted by Gasteiger charge is -1.75. The summed E-state index contributed by atoms with van der Waals surface area (Å²) >= 11 is 0. The van der Waals surface area contributed by atoms with Crippen LogP contribution in [0.2, 0.25) is 0 Å². The van der Waals surface area contributed by atoms with E-state index in [4.69, 9.17) is 4.52 Å². The van der Waals surface area contributed by atoms with Gasteiger partial charge in [-0.15, -0.1) is 4.52 Å². The Hall–Kier alpha value is 0.0600. The van der Waals surface area contributed by atoms with Crippen molar-refractivity contribution in [1.82, 2.24) is 0 Å². The summed E-state index contributed by atoms with van der Waals surface area (Å²) < 4.78 is 15.0. The molecule has 0 saturated carbocycles. The normalized spacial score (nSPS) is 11.4. The maximum Gasteiger partial charge on any atom is 0.507 e. The van der Waals surface area contributed by atoms with Gasteiger partial charge >= 0.3 is 8.03 Å². The van der Waals surface area contributed by atoms with Crippen LogP contribution in [-0.4, -0.2) is 12.8 Å². The third kappa shape index (κ3) is 3.90. The van der Waals surface area contributed by atoms with Crippen LogP contribution in [0.3, 0.4) is 0 Å². The highest BCUT2D eigenvalue weighted by Gasteiger charge is 2.08. The van der Waals surface area contributed by atoms with Gasteiger partial charge in [0.1, 0.15) is 0 Å². The minimum atomic E-state index is -1.33. The molecule has 0 bridgehead atoms. The summed E-state index contributed by atoms with van der Waals surface area (Å²) in [4.78, 5) is 0. The Labute approximate surface area is 44.7 Å². The fourth-order valence-electron chi connectivity index (χ4n) is 0.235. The van der Waals surface area contributed by atoms with Crippen LogP contribution in [0.15, 0.2) is 0 Å². The van der Waals surface area contributed by atoms with Crippen molar-refractivity contribution in [2.24, 2.45) is 0 Å². The van der Waals surface area contributed by atoms with Gasteiger partial charge in [0.25, 0.3) is 0 Å². The van der Waals surface area contributed by atoms with Crippen LogP contribution < -0.4 is 0 Å². The quantitative estimate of drug-likeness (QED) is 0.532. The lowest BCUT2D eigenvalue weighted by molar-refractivity contribution is 0.351. The first-order valence-corrected chi connectivity index (χ1v) is 3.75. The van der Waals surface area contributed by atoms with Crippen molar-refractivity contribution < 1.29 is 9.09 Å². The summed E-state index contributed by atoms with van der Waals surface area (Å²) in [5, 5.41) is 0. The zero-order chi connectivity index (χ0) is 5.70. The Morgan fingerprint density at radius 1 is 1.57 bits per heavy atom. The van der Waals surface area contributed by atoms with Crippen LogP contribution in [-0.2, 0) is 9.09 Å². The van der Waals surface area contributed by atoms with E-state index in [1.807, 2.05) is 13.8 Å². The van der Waals surface area contributed by atoms with Gasteiger partial charge in [-0.3, -0.25) is 0 Å². The second-order valence-electron chi connectivity index (χ2n) is 1.07. The molecule has 42 valence electrons. The third-order valence-corrected chi connectivity index (χ3v) is 1.59. The fourth-order valence-corrected chi connectivity index (χ4v) is 0.706. The summed E-state index contributed by atoms with van der Waals surface area (Å²) in [7, 11) is -1.33. The van der Waals surface area contributed by atoms with Gasteiger partial charge in [0, 0.05) is 0 Å². The topological polar surface area (TPSA) is 26.3 Å². The molecule has 0 rings (SSSR count). The molecule has 7 heavy (non-hydrogen) atoms. The average molecular weight is 121 g/mol. The Morgan fingerprint density at radius 3 is 2.29 bits per heavy atom. The summed E-state index contributed by atoms with van der Waals surface area (Å²) in [6.07, 6.45) is 0.628. The first-order valence-electron chi connectivity index (χ1n) is 2.38. The molecule has 2 nitrogen and oxygen atoms in total. The molecule has 0 radical (unpaired) electrons. The molecular formula is C4H10O2P+. The molecule has 0 aliphatic heterocycles. The SMILES string of the molecule is CCO[P+](=O)CC. The van der Waals surface area contributed by atoms with Gasteiger partial charge < -0.3 is 0 Å². The maximum atomic E-state index is 10.3. The van der Waals surface area contributed by atoms with Gasteiger partial charge in [0.2, 0.25) is 0 Å². The van der Waals surface area contributed by atoms with E-state index >= 15 is 0 Å². The van der Waals surface area contributed by atoms with Gasteiger partial charge in [-0.25, -0.2) is 0 Å². The molecule has 0 amide bonds. The van der Waals surface area contributed by atoms with E-state index in [9.17, 15) is 4.57 Å². The number of hydrogen-bond acceptors (Lipinski definition) is 2. The van der Waals surface area contributed by atoms with E-state index in [0.29, 0.717) is 12.8 Å². The highest BCUT2D eigenvalue weighted by Crippen LogP contribution is 2.19. The van der Waals surface area contributed by atoms with Crippen molar-refractivity contribution in [2.45, 2.75) is 13.8 Å². The number of rotatable bonds is 3. The van der Waals surface area contributed by atoms with E-state index in [1.165, 1.54) is 0 Å². The first-order chi connectivity index (χ1) is 3.31. The van der Waals surface area contributed by atoms with E-state index in [1.54, 1.807) is 0 Å². The third-order valence-electron chi connectivity index (χ3n) is 0.531. The predicted molar refractivity (Wildman–Crippen MR) is 29.8 cm³/mol. The summed E-state index contributed by atoms with van der Waals surface area (Å²) in [5.74, 6) is 0. The second-order valence-corrected chi connectivity index (χ2v) is 2.62. The molecule has 0 fully saturated rings. The van der Waals surface area contributed by atoms with Crippen LogP contribution in [0.4, 0.5) is 0 Å². The first kappa shape index (κ1) is 7.06. The lowest BCUT2D eigenvalue weighted by atomic mass is 10.9. The van der Waals surface area contributed by atoms with E-state index in [2.05, 4.69) is 0 Å². The van der Waals surface area contributed by atoms with Gasteiger partial charge in [0.15, 0.2) is 6.16 Å². The molecule has 0 aromatic carbocycles. The van der Waals surface area contributed by atoms with Gasteiger partial charge in [-0.2, -0.15) is 0 Å². The van der Waals surface area contributed by atoms with Crippen LogP contribution >= 0.6 is 8.03 Å². The molecule has 0 saturated heterocycles. The van der Waals surface area contributed by atoms with E-state index in [-0.39, 0.29) is 0 Å². The molecule has 0 heterocycles. The van der Waals surface area contributed by atoms with E-state index < -0.39 is 8.03 Å². The largest absolute Gasteiger partial charge is 0.507 e. The van der Waals surface area contributed by atoms with E-state index in [0.717, 1.165) is 0 Å². The fraction of sp³-hybridized carbons (Fsp3) is 1.00. The molecular weight excluding hydrogens is 111 g/mol. The highest BCUT2D eigenvalue weighted by molar-refractivity contribution is 7.39. The van der Waals surface area contributed by atoms with Crippen LogP contribution in [0.25, 0.3) is 0 Å². The molecule has 0 aromatic heterocycles. The molecule has 0 aromatic rings. The Bertz CT molecular complexity index is 62.7. The summed E-state index contributed by atoms with van der Waals surface area (Å²) in [6.45, 7) is 4.24. The van der Waals surface area contributed by atoms with Crippen molar-refractivity contribution in [3.8, 4) is 0 Å². The maximum absolute atomic E-state index is 10.3. The highest BCUT2D eigenvalue weighted by atomic mass is 31.1. The van der Waals surface area contributed by atoms with Gasteiger partial charge in [-0.1, -0.05) is 0 Å². The van der Waals surface area contributed by atoms with Crippen molar-refractivity contribution in [1.29, 1.82) is 0 Å². The molecule has 0 aliphatic carbocycles. The van der Waals surface area contributed by atoms with Gasteiger partial charge in [-0.05, 0) is 18.4 Å². The predicted octanol–water partition coefficient (Wildman–Crippen LogP) is 1.79. The van der Waals surface area contributed by atoms with Crippen molar-refractivity contribution in [3.63, 3.8) is 0 Å². The molecule has 0 N–H and O–H groups in total. The number of hydrogen-bond donors (Lipinski definition) is 0. The van der Waals surface area contributed by atoms with Crippen LogP contribution in [0, 0.1) is 0 Å². The molecule has 0 spiro atoms. The average Bonchev–Trinajstić information content (AvgIpc) is 1.68. The molecule has 1 atom stereocenters. The second kappa shape index (κ2) is 4.23. The van der Waals surface area contributed by atoms with Crippen molar-refractivity contribution in [2.75, 3.05) is 12.8 Å². The monoisotopic (exact) mass is 121 g/mol. The summed E-state index contributed by atoms with van der Waals surface area (Å²) in [6, 6.07) is 0. The Balaban J connectivity index is 3.00. The minimum Gasteiger partial charge on any atom is -0.147 e. The summed E-state index contributed by atoms with van der Waals surface area (Å²) in [5.41, 5.74) is 0. The zero-order valence-electron chi connectivity index (χ0n) is 4.68. The Kier molecular flexibility index (Phi) is 4.26. The minimum absolute atomic E-state index is 0.559. The molecule has 1 unspecified atom stereocenters. The smallest absolute Gasteiger partial charge is 0.147 e. The van der Waals surface area contributed by atoms with Crippen LogP contribution in [0.5, 0.6) is 0 Å².